The Bertz CT molecular complexity index is 780. The van der Waals surface area contributed by atoms with Crippen molar-refractivity contribution in [3.8, 4) is 5.75 Å². The van der Waals surface area contributed by atoms with E-state index in [2.05, 4.69) is 5.32 Å². The van der Waals surface area contributed by atoms with E-state index in [0.717, 1.165) is 23.4 Å². The lowest BCUT2D eigenvalue weighted by Crippen LogP contribution is -2.50. The summed E-state index contributed by atoms with van der Waals surface area (Å²) in [5, 5.41) is 3.38. The third-order valence-electron chi connectivity index (χ3n) is 5.20. The first-order valence-corrected chi connectivity index (χ1v) is 9.48. The molecule has 1 saturated heterocycles. The highest BCUT2D eigenvalue weighted by Gasteiger charge is 2.31. The van der Waals surface area contributed by atoms with Gasteiger partial charge in [0.05, 0.1) is 13.2 Å². The number of amides is 1. The molecule has 0 bridgehead atoms. The lowest BCUT2D eigenvalue weighted by molar-refractivity contribution is -0.138. The summed E-state index contributed by atoms with van der Waals surface area (Å²) in [5.74, 6) is 0.591. The van der Waals surface area contributed by atoms with E-state index >= 15 is 0 Å². The number of hydrogen-bond donors (Lipinski definition) is 1. The van der Waals surface area contributed by atoms with Crippen LogP contribution in [-0.4, -0.2) is 37.6 Å². The number of piperazine rings is 1. The molecule has 0 aliphatic carbocycles. The van der Waals surface area contributed by atoms with Crippen LogP contribution in [0.1, 0.15) is 30.5 Å². The predicted octanol–water partition coefficient (Wildman–Crippen LogP) is 3.58. The minimum absolute atomic E-state index is 0.0426. The molecule has 2 unspecified atom stereocenters. The smallest absolute Gasteiger partial charge is 0.226 e. The van der Waals surface area contributed by atoms with Crippen LogP contribution in [0.2, 0.25) is 0 Å². The minimum atomic E-state index is -0.232. The van der Waals surface area contributed by atoms with Crippen LogP contribution in [-0.2, 0) is 11.2 Å². The van der Waals surface area contributed by atoms with Crippen molar-refractivity contribution in [2.24, 2.45) is 5.92 Å². The molecule has 1 heterocycles. The number of hydrogen-bond acceptors (Lipinski definition) is 3. The zero-order valence-electron chi connectivity index (χ0n) is 16.0. The minimum Gasteiger partial charge on any atom is -0.496 e. The van der Waals surface area contributed by atoms with Gasteiger partial charge in [-0.3, -0.25) is 4.79 Å². The van der Waals surface area contributed by atoms with Crippen molar-refractivity contribution in [2.75, 3.05) is 26.7 Å². The van der Waals surface area contributed by atoms with Crippen molar-refractivity contribution in [1.82, 2.24) is 10.2 Å². The number of halogens is 1. The highest BCUT2D eigenvalue weighted by atomic mass is 19.1. The van der Waals surface area contributed by atoms with Gasteiger partial charge in [0.15, 0.2) is 0 Å². The van der Waals surface area contributed by atoms with Crippen LogP contribution >= 0.6 is 0 Å². The quantitative estimate of drug-likeness (QED) is 0.845. The fourth-order valence-corrected chi connectivity index (χ4v) is 3.67. The Kier molecular flexibility index (Phi) is 6.45. The number of nitrogens with one attached hydrogen (secondary N) is 1. The SMILES string of the molecule is COc1ccccc1C1CNCCN1C(=O)C(C)CCc1cccc(F)c1. The molecule has 3 rings (SSSR count). The molecular weight excluding hydrogens is 343 g/mol. The number of carbonyl (C=O) groups is 1. The van der Waals surface area contributed by atoms with E-state index in [1.54, 1.807) is 19.2 Å². The van der Waals surface area contributed by atoms with E-state index in [1.165, 1.54) is 6.07 Å². The van der Waals surface area contributed by atoms with Gasteiger partial charge < -0.3 is 15.0 Å². The number of methoxy groups -OCH3 is 1. The molecule has 0 radical (unpaired) electrons. The summed E-state index contributed by atoms with van der Waals surface area (Å²) in [6, 6.07) is 14.4. The zero-order valence-corrected chi connectivity index (χ0v) is 16.0. The summed E-state index contributed by atoms with van der Waals surface area (Å²) >= 11 is 0. The molecule has 1 fully saturated rings. The van der Waals surface area contributed by atoms with Gasteiger partial charge in [-0.05, 0) is 36.6 Å². The summed E-state index contributed by atoms with van der Waals surface area (Å²) in [6.45, 7) is 4.13. The van der Waals surface area contributed by atoms with Crippen LogP contribution in [0.5, 0.6) is 5.75 Å². The highest BCUT2D eigenvalue weighted by Crippen LogP contribution is 2.31. The molecule has 2 aromatic rings. The highest BCUT2D eigenvalue weighted by molar-refractivity contribution is 5.79. The summed E-state index contributed by atoms with van der Waals surface area (Å²) in [6.07, 6.45) is 1.39. The molecule has 2 aromatic carbocycles. The standard InChI is InChI=1S/C22H27FN2O2/c1-16(10-11-17-6-5-7-18(23)14-17)22(26)25-13-12-24-15-20(25)19-8-3-4-9-21(19)27-2/h3-9,14,16,20,24H,10-13,15H2,1-2H3. The summed E-state index contributed by atoms with van der Waals surface area (Å²) in [4.78, 5) is 15.1. The van der Waals surface area contributed by atoms with Crippen molar-refractivity contribution in [2.45, 2.75) is 25.8 Å². The second-order valence-electron chi connectivity index (χ2n) is 7.06. The van der Waals surface area contributed by atoms with Crippen molar-refractivity contribution in [3.63, 3.8) is 0 Å². The zero-order chi connectivity index (χ0) is 19.2. The number of carbonyl (C=O) groups excluding carboxylic acids is 1. The Balaban J connectivity index is 1.71. The van der Waals surface area contributed by atoms with Crippen molar-refractivity contribution in [1.29, 1.82) is 0 Å². The van der Waals surface area contributed by atoms with E-state index in [1.807, 2.05) is 42.2 Å². The van der Waals surface area contributed by atoms with E-state index in [0.29, 0.717) is 25.9 Å². The van der Waals surface area contributed by atoms with E-state index in [-0.39, 0.29) is 23.7 Å². The lowest BCUT2D eigenvalue weighted by atomic mass is 9.96. The molecule has 0 aromatic heterocycles. The molecule has 0 spiro atoms. The monoisotopic (exact) mass is 370 g/mol. The Labute approximate surface area is 160 Å². The fourth-order valence-electron chi connectivity index (χ4n) is 3.67. The van der Waals surface area contributed by atoms with Gasteiger partial charge in [-0.25, -0.2) is 4.39 Å². The third-order valence-corrected chi connectivity index (χ3v) is 5.20. The van der Waals surface area contributed by atoms with Gasteiger partial charge in [0, 0.05) is 31.1 Å². The third kappa shape index (κ3) is 4.66. The largest absolute Gasteiger partial charge is 0.496 e. The molecule has 1 aliphatic rings. The van der Waals surface area contributed by atoms with Crippen molar-refractivity contribution in [3.05, 3.63) is 65.5 Å². The van der Waals surface area contributed by atoms with Gasteiger partial charge in [-0.1, -0.05) is 37.3 Å². The molecule has 27 heavy (non-hydrogen) atoms. The van der Waals surface area contributed by atoms with E-state index in [9.17, 15) is 9.18 Å². The Hall–Kier alpha value is -2.40. The van der Waals surface area contributed by atoms with Crippen LogP contribution in [0.15, 0.2) is 48.5 Å². The molecular formula is C22H27FN2O2. The van der Waals surface area contributed by atoms with Gasteiger partial charge in [0.1, 0.15) is 11.6 Å². The number of rotatable bonds is 6. The summed E-state index contributed by atoms with van der Waals surface area (Å²) < 4.78 is 18.9. The van der Waals surface area contributed by atoms with E-state index in [4.69, 9.17) is 4.74 Å². The second-order valence-corrected chi connectivity index (χ2v) is 7.06. The molecule has 144 valence electrons. The van der Waals surface area contributed by atoms with Crippen molar-refractivity contribution < 1.29 is 13.9 Å². The van der Waals surface area contributed by atoms with Crippen LogP contribution in [0.25, 0.3) is 0 Å². The maximum atomic E-state index is 13.4. The normalized spacial score (nSPS) is 18.2. The molecule has 1 aliphatic heterocycles. The Morgan fingerprint density at radius 1 is 1.30 bits per heavy atom. The maximum absolute atomic E-state index is 13.4. The number of ether oxygens (including phenoxy) is 1. The first-order valence-electron chi connectivity index (χ1n) is 9.48. The Morgan fingerprint density at radius 3 is 2.89 bits per heavy atom. The van der Waals surface area contributed by atoms with Crippen LogP contribution in [0, 0.1) is 11.7 Å². The number of benzene rings is 2. The molecule has 1 N–H and O–H groups in total. The number of aryl methyl sites for hydroxylation is 1. The molecule has 2 atom stereocenters. The van der Waals surface area contributed by atoms with Gasteiger partial charge in [-0.2, -0.15) is 0 Å². The average Bonchev–Trinajstić information content (AvgIpc) is 2.71. The average molecular weight is 370 g/mol. The fraction of sp³-hybridized carbons (Fsp3) is 0.409. The first kappa shape index (κ1) is 19.4. The number of nitrogens with zero attached hydrogens (tertiary/aromatic N) is 1. The topological polar surface area (TPSA) is 41.6 Å². The van der Waals surface area contributed by atoms with Gasteiger partial charge in [0.25, 0.3) is 0 Å². The number of para-hydroxylation sites is 1. The summed E-state index contributed by atoms with van der Waals surface area (Å²) in [7, 11) is 1.66. The molecule has 5 heteroatoms. The van der Waals surface area contributed by atoms with Gasteiger partial charge in [0.2, 0.25) is 5.91 Å². The van der Waals surface area contributed by atoms with Crippen LogP contribution in [0.4, 0.5) is 4.39 Å². The van der Waals surface area contributed by atoms with Crippen molar-refractivity contribution >= 4 is 5.91 Å². The lowest BCUT2D eigenvalue weighted by Gasteiger charge is -2.38. The van der Waals surface area contributed by atoms with Gasteiger partial charge in [-0.15, -0.1) is 0 Å². The molecule has 0 saturated carbocycles. The maximum Gasteiger partial charge on any atom is 0.226 e. The first-order chi connectivity index (χ1) is 13.1. The second kappa shape index (κ2) is 9.00. The molecule has 1 amide bonds. The van der Waals surface area contributed by atoms with Gasteiger partial charge >= 0.3 is 0 Å². The summed E-state index contributed by atoms with van der Waals surface area (Å²) in [5.41, 5.74) is 1.95. The van der Waals surface area contributed by atoms with Crippen LogP contribution in [0.3, 0.4) is 0 Å². The van der Waals surface area contributed by atoms with E-state index < -0.39 is 0 Å². The predicted molar refractivity (Wildman–Crippen MR) is 104 cm³/mol. The molecule has 4 nitrogen and oxygen atoms in total. The Morgan fingerprint density at radius 2 is 2.11 bits per heavy atom. The van der Waals surface area contributed by atoms with Crippen LogP contribution < -0.4 is 10.1 Å².